The highest BCUT2D eigenvalue weighted by Gasteiger charge is 2.32. The lowest BCUT2D eigenvalue weighted by molar-refractivity contribution is -0.245. The second kappa shape index (κ2) is 16.2. The molecule has 5 rings (SSSR count). The number of aliphatic hydroxyl groups excluding tert-OH is 1. The van der Waals surface area contributed by atoms with Gasteiger partial charge in [0, 0.05) is 29.2 Å². The first-order valence-corrected chi connectivity index (χ1v) is 16.0. The van der Waals surface area contributed by atoms with Gasteiger partial charge < -0.3 is 30.0 Å². The molecule has 4 aromatic rings. The highest BCUT2D eigenvalue weighted by Crippen LogP contribution is 2.40. The number of carbonyl (C=O) groups excluding carboxylic acids is 2. The van der Waals surface area contributed by atoms with Gasteiger partial charge in [0.2, 0.25) is 0 Å². The maximum atomic E-state index is 12.1. The summed E-state index contributed by atoms with van der Waals surface area (Å²) in [4.78, 5) is 24.7. The fourth-order valence-electron chi connectivity index (χ4n) is 5.03. The molecule has 1 aliphatic rings. The smallest absolute Gasteiger partial charge is 0.325 e. The van der Waals surface area contributed by atoms with Crippen LogP contribution in [0.15, 0.2) is 108 Å². The van der Waals surface area contributed by atoms with Crippen LogP contribution >= 0.6 is 11.8 Å². The van der Waals surface area contributed by atoms with E-state index in [-0.39, 0.29) is 32.0 Å². The Balaban J connectivity index is 1.25. The maximum absolute atomic E-state index is 12.1. The summed E-state index contributed by atoms with van der Waals surface area (Å²) < 4.78 is 17.8. The summed E-state index contributed by atoms with van der Waals surface area (Å²) in [6.07, 6.45) is 0.0422. The Hall–Kier alpha value is -4.15. The Morgan fingerprint density at radius 3 is 2.33 bits per heavy atom. The van der Waals surface area contributed by atoms with Crippen molar-refractivity contribution in [2.75, 3.05) is 18.9 Å². The number of aliphatic hydroxyl groups is 1. The normalized spacial score (nSPS) is 17.8. The quantitative estimate of drug-likeness (QED) is 0.121. The van der Waals surface area contributed by atoms with Gasteiger partial charge in [0.15, 0.2) is 6.29 Å². The first-order valence-electron chi connectivity index (χ1n) is 15.1. The average Bonchev–Trinajstić information content (AvgIpc) is 3.09. The lowest BCUT2D eigenvalue weighted by atomic mass is 9.99. The molecule has 0 saturated carbocycles. The van der Waals surface area contributed by atoms with Crippen molar-refractivity contribution in [2.45, 2.75) is 49.9 Å². The number of thioether (sulfide) groups is 1. The van der Waals surface area contributed by atoms with E-state index in [9.17, 15) is 14.7 Å². The molecule has 0 unspecified atom stereocenters. The van der Waals surface area contributed by atoms with Crippen LogP contribution in [-0.2, 0) is 32.2 Å². The Bertz CT molecular complexity index is 1530. The van der Waals surface area contributed by atoms with Crippen LogP contribution in [0.4, 0.5) is 4.79 Å². The Kier molecular flexibility index (Phi) is 11.6. The van der Waals surface area contributed by atoms with Gasteiger partial charge in [-0.05, 0) is 52.9 Å². The van der Waals surface area contributed by atoms with Crippen LogP contribution in [0, 0.1) is 0 Å². The third-order valence-corrected chi connectivity index (χ3v) is 8.53. The van der Waals surface area contributed by atoms with Gasteiger partial charge in [-0.25, -0.2) is 4.79 Å². The van der Waals surface area contributed by atoms with E-state index in [0.717, 1.165) is 45.6 Å². The lowest BCUT2D eigenvalue weighted by Crippen LogP contribution is -2.38. The third-order valence-electron chi connectivity index (χ3n) is 7.39. The summed E-state index contributed by atoms with van der Waals surface area (Å²) >= 11 is 1.78. The van der Waals surface area contributed by atoms with Gasteiger partial charge in [-0.1, -0.05) is 84.9 Å². The Morgan fingerprint density at radius 1 is 0.844 bits per heavy atom. The first kappa shape index (κ1) is 32.2. The number of rotatable bonds is 12. The van der Waals surface area contributed by atoms with Gasteiger partial charge in [-0.3, -0.25) is 4.79 Å². The van der Waals surface area contributed by atoms with Crippen LogP contribution in [0.3, 0.4) is 0 Å². The SMILES string of the molecule is CCOC(=O)CNC(=O)NCc1cccc(-c2ccc([C@H]3O[C@@H](CSc4ccccc4)C[C@@H](c4ccc(CO)cc4)O3)cc2)c1. The molecule has 3 atom stereocenters. The predicted octanol–water partition coefficient (Wildman–Crippen LogP) is 6.55. The molecule has 1 fully saturated rings. The highest BCUT2D eigenvalue weighted by atomic mass is 32.2. The van der Waals surface area contributed by atoms with Gasteiger partial charge in [-0.15, -0.1) is 11.8 Å². The standard InChI is InChI=1S/C36H38N2O6S/c1-2-42-34(40)22-38-36(41)37-21-26-7-6-8-30(19-26)27-15-17-29(18-16-27)35-43-31(24-45-32-9-4-3-5-10-32)20-33(44-35)28-13-11-25(23-39)12-14-28/h3-19,31,33,35,39H,2,20-24H2,1H3,(H2,37,38,41)/t31-,33+,35+/m1/s1. The molecule has 1 heterocycles. The van der Waals surface area contributed by atoms with Crippen molar-refractivity contribution in [1.29, 1.82) is 0 Å². The first-order chi connectivity index (χ1) is 22.0. The van der Waals surface area contributed by atoms with Crippen molar-refractivity contribution in [3.63, 3.8) is 0 Å². The number of hydrogen-bond acceptors (Lipinski definition) is 7. The van der Waals surface area contributed by atoms with Gasteiger partial charge >= 0.3 is 12.0 Å². The molecule has 1 aliphatic heterocycles. The summed E-state index contributed by atoms with van der Waals surface area (Å²) in [5, 5.41) is 14.8. The summed E-state index contributed by atoms with van der Waals surface area (Å²) in [5.74, 6) is 0.324. The van der Waals surface area contributed by atoms with Crippen LogP contribution in [0.5, 0.6) is 0 Å². The molecule has 0 spiro atoms. The topological polar surface area (TPSA) is 106 Å². The van der Waals surface area contributed by atoms with Crippen molar-refractivity contribution < 1.29 is 28.9 Å². The van der Waals surface area contributed by atoms with Crippen LogP contribution in [-0.4, -0.2) is 42.1 Å². The Morgan fingerprint density at radius 2 is 1.60 bits per heavy atom. The second-order valence-electron chi connectivity index (χ2n) is 10.6. The minimum Gasteiger partial charge on any atom is -0.465 e. The second-order valence-corrected chi connectivity index (χ2v) is 11.7. The number of benzene rings is 4. The molecule has 0 radical (unpaired) electrons. The predicted molar refractivity (Wildman–Crippen MR) is 174 cm³/mol. The minimum atomic E-state index is -0.527. The van der Waals surface area contributed by atoms with E-state index in [1.807, 2.05) is 91.0 Å². The number of amides is 2. The zero-order valence-corrected chi connectivity index (χ0v) is 26.0. The molecule has 0 aromatic heterocycles. The number of urea groups is 1. The summed E-state index contributed by atoms with van der Waals surface area (Å²) in [7, 11) is 0. The van der Waals surface area contributed by atoms with Crippen LogP contribution in [0.2, 0.25) is 0 Å². The monoisotopic (exact) mass is 626 g/mol. The number of ether oxygens (including phenoxy) is 3. The zero-order valence-electron chi connectivity index (χ0n) is 25.2. The fraction of sp³-hybridized carbons (Fsp3) is 0.278. The van der Waals surface area contributed by atoms with E-state index in [1.165, 1.54) is 4.90 Å². The molecule has 8 nitrogen and oxygen atoms in total. The molecule has 9 heteroatoms. The fourth-order valence-corrected chi connectivity index (χ4v) is 5.97. The van der Waals surface area contributed by atoms with E-state index < -0.39 is 18.3 Å². The molecule has 0 bridgehead atoms. The maximum Gasteiger partial charge on any atom is 0.325 e. The number of esters is 1. The van der Waals surface area contributed by atoms with Crippen molar-refractivity contribution in [3.8, 4) is 11.1 Å². The van der Waals surface area contributed by atoms with Crippen molar-refractivity contribution >= 4 is 23.8 Å². The third kappa shape index (κ3) is 9.42. The number of nitrogens with one attached hydrogen (secondary N) is 2. The molecule has 0 aliphatic carbocycles. The van der Waals surface area contributed by atoms with Gasteiger partial charge in [-0.2, -0.15) is 0 Å². The van der Waals surface area contributed by atoms with Gasteiger partial charge in [0.05, 0.1) is 25.4 Å². The van der Waals surface area contributed by atoms with Crippen molar-refractivity contribution in [3.05, 3.63) is 125 Å². The van der Waals surface area contributed by atoms with Crippen LogP contribution < -0.4 is 10.6 Å². The molecular weight excluding hydrogens is 588 g/mol. The largest absolute Gasteiger partial charge is 0.465 e. The molecular formula is C36H38N2O6S. The lowest BCUT2D eigenvalue weighted by Gasteiger charge is -2.36. The van der Waals surface area contributed by atoms with E-state index in [1.54, 1.807) is 18.7 Å². The van der Waals surface area contributed by atoms with Crippen LogP contribution in [0.1, 0.15) is 48.0 Å². The Labute approximate surface area is 268 Å². The van der Waals surface area contributed by atoms with Crippen LogP contribution in [0.25, 0.3) is 11.1 Å². The van der Waals surface area contributed by atoms with Gasteiger partial charge in [0.25, 0.3) is 0 Å². The highest BCUT2D eigenvalue weighted by molar-refractivity contribution is 7.99. The molecule has 234 valence electrons. The molecule has 45 heavy (non-hydrogen) atoms. The summed E-state index contributed by atoms with van der Waals surface area (Å²) in [6.45, 7) is 2.13. The van der Waals surface area contributed by atoms with E-state index in [4.69, 9.17) is 14.2 Å². The van der Waals surface area contributed by atoms with E-state index in [2.05, 4.69) is 22.8 Å². The molecule has 4 aromatic carbocycles. The number of carbonyl (C=O) groups is 2. The minimum absolute atomic E-state index is 0.00606. The molecule has 2 amide bonds. The van der Waals surface area contributed by atoms with E-state index >= 15 is 0 Å². The molecule has 1 saturated heterocycles. The van der Waals surface area contributed by atoms with E-state index in [0.29, 0.717) is 6.54 Å². The summed E-state index contributed by atoms with van der Waals surface area (Å²) in [5.41, 5.74) is 5.82. The average molecular weight is 627 g/mol. The summed E-state index contributed by atoms with van der Waals surface area (Å²) in [6, 6.07) is 33.9. The zero-order chi connectivity index (χ0) is 31.4. The van der Waals surface area contributed by atoms with Gasteiger partial charge in [0.1, 0.15) is 6.54 Å². The van der Waals surface area contributed by atoms with Crippen molar-refractivity contribution in [1.82, 2.24) is 10.6 Å². The number of hydrogen-bond donors (Lipinski definition) is 3. The van der Waals surface area contributed by atoms with Crippen molar-refractivity contribution in [2.24, 2.45) is 0 Å². The molecule has 3 N–H and O–H groups in total.